The van der Waals surface area contributed by atoms with E-state index in [1.54, 1.807) is 6.20 Å². The number of aromatic nitrogens is 2. The van der Waals surface area contributed by atoms with Crippen LogP contribution < -0.4 is 0 Å². The Morgan fingerprint density at radius 3 is 2.79 bits per heavy atom. The van der Waals surface area contributed by atoms with Crippen LogP contribution in [0.5, 0.6) is 0 Å². The molecule has 0 aliphatic carbocycles. The number of aryl methyl sites for hydroxylation is 2. The quantitative estimate of drug-likeness (QED) is 0.713. The van der Waals surface area contributed by atoms with Crippen molar-refractivity contribution in [1.82, 2.24) is 24.3 Å². The molecule has 1 aromatic heterocycles. The van der Waals surface area contributed by atoms with Crippen LogP contribution in [0.3, 0.4) is 0 Å². The highest BCUT2D eigenvalue weighted by Crippen LogP contribution is 2.39. The molecule has 3 heterocycles. The molecule has 0 saturated carbocycles. The SMILES string of the molecule is Cc1nccn1CCCC(=O)N1CCC[C@@]2(CCC(=O)N(CCN(C)C)C2)C1. The third-order valence-electron chi connectivity index (χ3n) is 6.29. The van der Waals surface area contributed by atoms with Gasteiger partial charge in [0.2, 0.25) is 11.8 Å². The number of rotatable bonds is 7. The van der Waals surface area contributed by atoms with Gasteiger partial charge in [-0.05, 0) is 46.7 Å². The van der Waals surface area contributed by atoms with Gasteiger partial charge in [-0.15, -0.1) is 0 Å². The van der Waals surface area contributed by atoms with E-state index in [4.69, 9.17) is 0 Å². The summed E-state index contributed by atoms with van der Waals surface area (Å²) < 4.78 is 2.10. The molecular formula is C21H35N5O2. The number of hydrogen-bond acceptors (Lipinski definition) is 4. The Hall–Kier alpha value is -1.89. The summed E-state index contributed by atoms with van der Waals surface area (Å²) in [4.78, 5) is 35.6. The van der Waals surface area contributed by atoms with Gasteiger partial charge in [0.25, 0.3) is 0 Å². The predicted octanol–water partition coefficient (Wildman–Crippen LogP) is 1.76. The van der Waals surface area contributed by atoms with Crippen molar-refractivity contribution >= 4 is 11.8 Å². The minimum Gasteiger partial charge on any atom is -0.342 e. The van der Waals surface area contributed by atoms with Gasteiger partial charge in [-0.3, -0.25) is 9.59 Å². The molecule has 1 aromatic rings. The van der Waals surface area contributed by atoms with Gasteiger partial charge < -0.3 is 19.3 Å². The number of hydrogen-bond donors (Lipinski definition) is 0. The van der Waals surface area contributed by atoms with E-state index in [1.807, 2.05) is 32.1 Å². The summed E-state index contributed by atoms with van der Waals surface area (Å²) >= 11 is 0. The van der Waals surface area contributed by atoms with Gasteiger partial charge in [-0.25, -0.2) is 4.98 Å². The van der Waals surface area contributed by atoms with Gasteiger partial charge in [0, 0.05) is 69.9 Å². The summed E-state index contributed by atoms with van der Waals surface area (Å²) in [7, 11) is 4.08. The molecule has 0 unspecified atom stereocenters. The Bertz CT molecular complexity index is 686. The van der Waals surface area contributed by atoms with Gasteiger partial charge in [0.05, 0.1) is 0 Å². The molecule has 0 N–H and O–H groups in total. The minimum atomic E-state index is 0.0923. The Balaban J connectivity index is 1.52. The fraction of sp³-hybridized carbons (Fsp3) is 0.762. The number of nitrogens with zero attached hydrogens (tertiary/aromatic N) is 5. The Kier molecular flexibility index (Phi) is 6.75. The third-order valence-corrected chi connectivity index (χ3v) is 6.29. The highest BCUT2D eigenvalue weighted by Gasteiger charge is 2.42. The number of amides is 2. The molecule has 2 saturated heterocycles. The lowest BCUT2D eigenvalue weighted by molar-refractivity contribution is -0.143. The van der Waals surface area contributed by atoms with E-state index in [-0.39, 0.29) is 17.2 Å². The number of carbonyl (C=O) groups excluding carboxylic acids is 2. The van der Waals surface area contributed by atoms with Crippen molar-refractivity contribution in [1.29, 1.82) is 0 Å². The molecule has 7 nitrogen and oxygen atoms in total. The first-order valence-corrected chi connectivity index (χ1v) is 10.6. The normalized spacial score (nSPS) is 23.1. The first-order chi connectivity index (χ1) is 13.4. The first-order valence-electron chi connectivity index (χ1n) is 10.6. The zero-order valence-corrected chi connectivity index (χ0v) is 17.7. The lowest BCUT2D eigenvalue weighted by Crippen LogP contribution is -2.55. The van der Waals surface area contributed by atoms with Crippen LogP contribution in [-0.4, -0.2) is 82.9 Å². The third kappa shape index (κ3) is 5.13. The van der Waals surface area contributed by atoms with Gasteiger partial charge in [-0.2, -0.15) is 0 Å². The summed E-state index contributed by atoms with van der Waals surface area (Å²) in [6.45, 7) is 6.96. The molecule has 1 atom stereocenters. The average molecular weight is 390 g/mol. The molecule has 2 fully saturated rings. The molecule has 28 heavy (non-hydrogen) atoms. The van der Waals surface area contributed by atoms with Crippen molar-refractivity contribution in [2.45, 2.75) is 52.0 Å². The van der Waals surface area contributed by atoms with E-state index < -0.39 is 0 Å². The number of likely N-dealkylation sites (N-methyl/N-ethyl adjacent to an activating group) is 1. The van der Waals surface area contributed by atoms with E-state index in [2.05, 4.69) is 19.4 Å². The fourth-order valence-corrected chi connectivity index (χ4v) is 4.58. The minimum absolute atomic E-state index is 0.0923. The maximum Gasteiger partial charge on any atom is 0.222 e. The van der Waals surface area contributed by atoms with Crippen LogP contribution in [0.2, 0.25) is 0 Å². The van der Waals surface area contributed by atoms with Crippen LogP contribution in [0, 0.1) is 12.3 Å². The van der Waals surface area contributed by atoms with Crippen LogP contribution in [0.15, 0.2) is 12.4 Å². The molecule has 3 rings (SSSR count). The number of likely N-dealkylation sites (tertiary alicyclic amines) is 2. The molecule has 1 spiro atoms. The van der Waals surface area contributed by atoms with Crippen molar-refractivity contribution in [2.24, 2.45) is 5.41 Å². The molecule has 2 amide bonds. The Morgan fingerprint density at radius 1 is 1.25 bits per heavy atom. The molecule has 2 aliphatic rings. The predicted molar refractivity (Wildman–Crippen MR) is 109 cm³/mol. The molecule has 0 bridgehead atoms. The molecule has 2 aliphatic heterocycles. The standard InChI is InChI=1S/C21H35N5O2/c1-18-22-10-13-24(18)11-4-6-19(27)25-12-5-8-21(16-25)9-7-20(28)26(17-21)15-14-23(2)3/h10,13H,4-9,11-12,14-17H2,1-3H3/t21-/m1/s1. The smallest absolute Gasteiger partial charge is 0.222 e. The van der Waals surface area contributed by atoms with Crippen LogP contribution in [0.1, 0.15) is 44.3 Å². The highest BCUT2D eigenvalue weighted by molar-refractivity contribution is 5.78. The van der Waals surface area contributed by atoms with E-state index in [9.17, 15) is 9.59 Å². The van der Waals surface area contributed by atoms with Crippen molar-refractivity contribution in [3.8, 4) is 0 Å². The van der Waals surface area contributed by atoms with E-state index in [0.29, 0.717) is 12.8 Å². The van der Waals surface area contributed by atoms with Crippen molar-refractivity contribution < 1.29 is 9.59 Å². The topological polar surface area (TPSA) is 61.7 Å². The summed E-state index contributed by atoms with van der Waals surface area (Å²) in [6, 6.07) is 0. The zero-order valence-electron chi connectivity index (χ0n) is 17.7. The van der Waals surface area contributed by atoms with Crippen molar-refractivity contribution in [3.05, 3.63) is 18.2 Å². The van der Waals surface area contributed by atoms with Gasteiger partial charge in [0.15, 0.2) is 0 Å². The van der Waals surface area contributed by atoms with Crippen LogP contribution >= 0.6 is 0 Å². The van der Waals surface area contributed by atoms with E-state index in [0.717, 1.165) is 70.8 Å². The Labute approximate surface area is 168 Å². The second-order valence-corrected chi connectivity index (χ2v) is 8.81. The molecular weight excluding hydrogens is 354 g/mol. The van der Waals surface area contributed by atoms with Crippen LogP contribution in [0.4, 0.5) is 0 Å². The second kappa shape index (κ2) is 9.07. The maximum absolute atomic E-state index is 12.8. The van der Waals surface area contributed by atoms with Gasteiger partial charge in [0.1, 0.15) is 5.82 Å². The first kappa shape index (κ1) is 20.8. The van der Waals surface area contributed by atoms with E-state index >= 15 is 0 Å². The second-order valence-electron chi connectivity index (χ2n) is 8.81. The number of piperidine rings is 2. The molecule has 0 radical (unpaired) electrons. The van der Waals surface area contributed by atoms with Gasteiger partial charge in [-0.1, -0.05) is 0 Å². The lowest BCUT2D eigenvalue weighted by Gasteiger charge is -2.48. The molecule has 0 aromatic carbocycles. The van der Waals surface area contributed by atoms with Gasteiger partial charge >= 0.3 is 0 Å². The monoisotopic (exact) mass is 389 g/mol. The average Bonchev–Trinajstić information content (AvgIpc) is 3.07. The number of carbonyl (C=O) groups is 2. The molecule has 156 valence electrons. The largest absolute Gasteiger partial charge is 0.342 e. The van der Waals surface area contributed by atoms with Crippen LogP contribution in [-0.2, 0) is 16.1 Å². The Morgan fingerprint density at radius 2 is 2.07 bits per heavy atom. The highest BCUT2D eigenvalue weighted by atomic mass is 16.2. The number of imidazole rings is 1. The van der Waals surface area contributed by atoms with E-state index in [1.165, 1.54) is 0 Å². The maximum atomic E-state index is 12.8. The summed E-state index contributed by atoms with van der Waals surface area (Å²) in [5.74, 6) is 1.52. The lowest BCUT2D eigenvalue weighted by atomic mass is 9.73. The molecule has 7 heteroatoms. The van der Waals surface area contributed by atoms with Crippen molar-refractivity contribution in [2.75, 3.05) is 46.8 Å². The van der Waals surface area contributed by atoms with Crippen LogP contribution in [0.25, 0.3) is 0 Å². The summed E-state index contributed by atoms with van der Waals surface area (Å²) in [5, 5.41) is 0. The zero-order chi connectivity index (χ0) is 20.1. The van der Waals surface area contributed by atoms with Crippen molar-refractivity contribution in [3.63, 3.8) is 0 Å². The summed E-state index contributed by atoms with van der Waals surface area (Å²) in [5.41, 5.74) is 0.0923. The fourth-order valence-electron chi connectivity index (χ4n) is 4.58. The summed E-state index contributed by atoms with van der Waals surface area (Å²) in [6.07, 6.45) is 8.90.